The number of hydrogen-bond acceptors (Lipinski definition) is 6. The molecule has 0 N–H and O–H groups in total. The van der Waals surface area contributed by atoms with Crippen molar-refractivity contribution in [2.24, 2.45) is 0 Å². The SMILES string of the molecule is CCOC(=O)N1CCN(C(=O)CN(c2ccccc2)S(=O)(=O)c2cc(C)ccc2OC)CC1. The maximum Gasteiger partial charge on any atom is 0.409 e. The van der Waals surface area contributed by atoms with Crippen LogP contribution in [0.15, 0.2) is 53.4 Å². The molecule has 0 unspecified atom stereocenters. The first kappa shape index (κ1) is 24.4. The van der Waals surface area contributed by atoms with Crippen LogP contribution in [0.3, 0.4) is 0 Å². The number of ether oxygens (including phenoxy) is 2. The summed E-state index contributed by atoms with van der Waals surface area (Å²) in [6.45, 7) is 4.69. The molecule has 33 heavy (non-hydrogen) atoms. The number of aryl methyl sites for hydroxylation is 1. The molecule has 1 fully saturated rings. The topological polar surface area (TPSA) is 96.5 Å². The number of carbonyl (C=O) groups excluding carboxylic acids is 2. The number of hydrogen-bond donors (Lipinski definition) is 0. The Balaban J connectivity index is 1.85. The Bertz CT molecular complexity index is 1080. The molecule has 1 aliphatic rings. The van der Waals surface area contributed by atoms with Crippen molar-refractivity contribution < 1.29 is 27.5 Å². The van der Waals surface area contributed by atoms with Crippen LogP contribution in [0.25, 0.3) is 0 Å². The Labute approximate surface area is 194 Å². The van der Waals surface area contributed by atoms with Crippen molar-refractivity contribution in [3.63, 3.8) is 0 Å². The van der Waals surface area contributed by atoms with Crippen molar-refractivity contribution in [3.05, 3.63) is 54.1 Å². The highest BCUT2D eigenvalue weighted by atomic mass is 32.2. The van der Waals surface area contributed by atoms with Crippen LogP contribution in [0.2, 0.25) is 0 Å². The van der Waals surface area contributed by atoms with Crippen molar-refractivity contribution in [2.75, 3.05) is 50.7 Å². The summed E-state index contributed by atoms with van der Waals surface area (Å²) in [6, 6.07) is 13.4. The molecule has 2 aromatic carbocycles. The van der Waals surface area contributed by atoms with Gasteiger partial charge in [-0.1, -0.05) is 24.3 Å². The first-order valence-electron chi connectivity index (χ1n) is 10.7. The number of rotatable bonds is 7. The highest BCUT2D eigenvalue weighted by molar-refractivity contribution is 7.93. The van der Waals surface area contributed by atoms with Crippen molar-refractivity contribution >= 4 is 27.7 Å². The molecule has 0 spiro atoms. The van der Waals surface area contributed by atoms with Crippen molar-refractivity contribution in [1.82, 2.24) is 9.80 Å². The molecule has 1 heterocycles. The lowest BCUT2D eigenvalue weighted by molar-refractivity contribution is -0.131. The fourth-order valence-electron chi connectivity index (χ4n) is 3.59. The molecule has 0 radical (unpaired) electrons. The van der Waals surface area contributed by atoms with Crippen LogP contribution in [0, 0.1) is 6.92 Å². The van der Waals surface area contributed by atoms with Crippen LogP contribution in [0.1, 0.15) is 12.5 Å². The van der Waals surface area contributed by atoms with E-state index in [2.05, 4.69) is 0 Å². The van der Waals surface area contributed by atoms with Gasteiger partial charge in [-0.05, 0) is 43.7 Å². The molecule has 2 aromatic rings. The average Bonchev–Trinajstić information content (AvgIpc) is 2.83. The summed E-state index contributed by atoms with van der Waals surface area (Å²) in [5.74, 6) is -0.144. The number of benzene rings is 2. The van der Waals surface area contributed by atoms with Gasteiger partial charge in [-0.3, -0.25) is 9.10 Å². The van der Waals surface area contributed by atoms with E-state index in [1.165, 1.54) is 18.1 Å². The Morgan fingerprint density at radius 1 is 1.00 bits per heavy atom. The molecule has 0 atom stereocenters. The van der Waals surface area contributed by atoms with Gasteiger partial charge >= 0.3 is 6.09 Å². The molecule has 2 amide bonds. The lowest BCUT2D eigenvalue weighted by Crippen LogP contribution is -2.53. The number of piperazine rings is 1. The lowest BCUT2D eigenvalue weighted by Gasteiger charge is -2.35. The van der Waals surface area contributed by atoms with Gasteiger partial charge in [0, 0.05) is 26.2 Å². The average molecular weight is 476 g/mol. The molecule has 0 saturated carbocycles. The van der Waals surface area contributed by atoms with E-state index in [4.69, 9.17) is 9.47 Å². The van der Waals surface area contributed by atoms with E-state index < -0.39 is 16.1 Å². The standard InChI is InChI=1S/C23H29N3O6S/c1-4-32-23(28)25-14-12-24(13-15-25)22(27)17-26(19-8-6-5-7-9-19)33(29,30)21-16-18(2)10-11-20(21)31-3/h5-11,16H,4,12-15,17H2,1-3H3. The molecule has 10 heteroatoms. The Morgan fingerprint density at radius 2 is 1.64 bits per heavy atom. The summed E-state index contributed by atoms with van der Waals surface area (Å²) in [5, 5.41) is 0. The third-order valence-corrected chi connectivity index (χ3v) is 7.16. The van der Waals surface area contributed by atoms with Gasteiger partial charge < -0.3 is 19.3 Å². The zero-order valence-corrected chi connectivity index (χ0v) is 19.9. The van der Waals surface area contributed by atoms with E-state index in [0.717, 1.165) is 9.87 Å². The number of methoxy groups -OCH3 is 1. The number of amides is 2. The van der Waals surface area contributed by atoms with Gasteiger partial charge in [-0.25, -0.2) is 13.2 Å². The molecular weight excluding hydrogens is 446 g/mol. The van der Waals surface area contributed by atoms with E-state index in [0.29, 0.717) is 31.9 Å². The normalized spacial score (nSPS) is 14.0. The summed E-state index contributed by atoms with van der Waals surface area (Å²) in [4.78, 5) is 28.1. The predicted octanol–water partition coefficient (Wildman–Crippen LogP) is 2.50. The molecule has 3 rings (SSSR count). The van der Waals surface area contributed by atoms with E-state index in [-0.39, 0.29) is 29.7 Å². The summed E-state index contributed by atoms with van der Waals surface area (Å²) in [7, 11) is -2.70. The minimum absolute atomic E-state index is 0.00576. The lowest BCUT2D eigenvalue weighted by atomic mass is 10.2. The van der Waals surface area contributed by atoms with Crippen LogP contribution >= 0.6 is 0 Å². The molecular formula is C23H29N3O6S. The number of nitrogens with zero attached hydrogens (tertiary/aromatic N) is 3. The number of carbonyl (C=O) groups is 2. The Kier molecular flexibility index (Phi) is 7.80. The second-order valence-corrected chi connectivity index (χ2v) is 9.40. The highest BCUT2D eigenvalue weighted by Gasteiger charge is 2.33. The number of para-hydroxylation sites is 1. The third-order valence-electron chi connectivity index (χ3n) is 5.37. The second kappa shape index (κ2) is 10.6. The van der Waals surface area contributed by atoms with Gasteiger partial charge in [0.15, 0.2) is 0 Å². The van der Waals surface area contributed by atoms with Crippen LogP contribution in [-0.2, 0) is 19.6 Å². The van der Waals surface area contributed by atoms with E-state index in [1.54, 1.807) is 61.2 Å². The van der Waals surface area contributed by atoms with Crippen LogP contribution in [0.5, 0.6) is 5.75 Å². The van der Waals surface area contributed by atoms with Gasteiger partial charge in [0.1, 0.15) is 17.2 Å². The fraction of sp³-hybridized carbons (Fsp3) is 0.391. The molecule has 0 aromatic heterocycles. The first-order chi connectivity index (χ1) is 15.8. The molecule has 178 valence electrons. The van der Waals surface area contributed by atoms with E-state index in [9.17, 15) is 18.0 Å². The van der Waals surface area contributed by atoms with Gasteiger partial charge in [-0.15, -0.1) is 0 Å². The smallest absolute Gasteiger partial charge is 0.409 e. The van der Waals surface area contributed by atoms with Crippen LogP contribution in [0.4, 0.5) is 10.5 Å². The van der Waals surface area contributed by atoms with E-state index in [1.807, 2.05) is 0 Å². The van der Waals surface area contributed by atoms with Gasteiger partial charge in [0.05, 0.1) is 19.4 Å². The van der Waals surface area contributed by atoms with Crippen LogP contribution < -0.4 is 9.04 Å². The van der Waals surface area contributed by atoms with Gasteiger partial charge in [0.2, 0.25) is 5.91 Å². The number of anilines is 1. The largest absolute Gasteiger partial charge is 0.495 e. The van der Waals surface area contributed by atoms with Crippen molar-refractivity contribution in [2.45, 2.75) is 18.7 Å². The zero-order valence-electron chi connectivity index (χ0n) is 19.1. The zero-order chi connectivity index (χ0) is 24.0. The van der Waals surface area contributed by atoms with Gasteiger partial charge in [0.25, 0.3) is 10.0 Å². The van der Waals surface area contributed by atoms with Gasteiger partial charge in [-0.2, -0.15) is 0 Å². The van der Waals surface area contributed by atoms with Crippen LogP contribution in [-0.4, -0.2) is 76.7 Å². The molecule has 1 aliphatic heterocycles. The van der Waals surface area contributed by atoms with Crippen molar-refractivity contribution in [1.29, 1.82) is 0 Å². The second-order valence-electron chi connectivity index (χ2n) is 7.57. The molecule has 1 saturated heterocycles. The predicted molar refractivity (Wildman–Crippen MR) is 124 cm³/mol. The summed E-state index contributed by atoms with van der Waals surface area (Å²) in [6.07, 6.45) is -0.412. The Hall–Kier alpha value is -3.27. The summed E-state index contributed by atoms with van der Waals surface area (Å²) in [5.41, 5.74) is 1.13. The molecule has 0 bridgehead atoms. The summed E-state index contributed by atoms with van der Waals surface area (Å²) < 4.78 is 38.8. The minimum atomic E-state index is -4.11. The maximum absolute atomic E-state index is 13.7. The molecule has 9 nitrogen and oxygen atoms in total. The maximum atomic E-state index is 13.7. The van der Waals surface area contributed by atoms with E-state index >= 15 is 0 Å². The minimum Gasteiger partial charge on any atom is -0.495 e. The number of sulfonamides is 1. The highest BCUT2D eigenvalue weighted by Crippen LogP contribution is 2.31. The monoisotopic (exact) mass is 475 g/mol. The quantitative estimate of drug-likeness (QED) is 0.611. The third kappa shape index (κ3) is 5.57. The van der Waals surface area contributed by atoms with Crippen molar-refractivity contribution in [3.8, 4) is 5.75 Å². The Morgan fingerprint density at radius 3 is 2.24 bits per heavy atom. The molecule has 0 aliphatic carbocycles. The summed E-state index contributed by atoms with van der Waals surface area (Å²) >= 11 is 0. The fourth-order valence-corrected chi connectivity index (χ4v) is 5.25. The first-order valence-corrected chi connectivity index (χ1v) is 12.1.